The maximum Gasteiger partial charge on any atom is 0.259 e. The number of aliphatic hydroxyl groups excluding tert-OH is 1. The van der Waals surface area contributed by atoms with E-state index in [1.54, 1.807) is 23.2 Å². The van der Waals surface area contributed by atoms with E-state index in [4.69, 9.17) is 10.00 Å². The first-order valence-electron chi connectivity index (χ1n) is 12.7. The maximum absolute atomic E-state index is 13.6. The van der Waals surface area contributed by atoms with Gasteiger partial charge in [0.1, 0.15) is 11.7 Å². The SMILES string of the molecule is C[C@@H]1CN([C@H](C)CO)C(=O)c2cc(-c3ccc(C#N)cc3)cnc2O[C@@H]1CN(C)CC1CCCC1. The second kappa shape index (κ2) is 11.2. The summed E-state index contributed by atoms with van der Waals surface area (Å²) >= 11 is 0. The summed E-state index contributed by atoms with van der Waals surface area (Å²) in [5.74, 6) is 0.978. The number of aromatic nitrogens is 1. The van der Waals surface area contributed by atoms with Crippen LogP contribution in [0.25, 0.3) is 11.1 Å². The van der Waals surface area contributed by atoms with Gasteiger partial charge < -0.3 is 19.6 Å². The number of hydrogen-bond acceptors (Lipinski definition) is 6. The maximum atomic E-state index is 13.6. The number of carbonyl (C=O) groups excluding carboxylic acids is 1. The average molecular weight is 477 g/mol. The molecule has 0 saturated heterocycles. The van der Waals surface area contributed by atoms with E-state index < -0.39 is 0 Å². The zero-order valence-corrected chi connectivity index (χ0v) is 21.0. The summed E-state index contributed by atoms with van der Waals surface area (Å²) in [5.41, 5.74) is 2.64. The highest BCUT2D eigenvalue weighted by Crippen LogP contribution is 2.31. The van der Waals surface area contributed by atoms with E-state index in [0.29, 0.717) is 23.6 Å². The van der Waals surface area contributed by atoms with E-state index in [-0.39, 0.29) is 30.6 Å². The van der Waals surface area contributed by atoms with Gasteiger partial charge in [-0.2, -0.15) is 5.26 Å². The van der Waals surface area contributed by atoms with Gasteiger partial charge in [-0.05, 0) is 56.5 Å². The Bertz CT molecular complexity index is 1060. The minimum Gasteiger partial charge on any atom is -0.472 e. The Morgan fingerprint density at radius 1 is 1.23 bits per heavy atom. The standard InChI is InChI=1S/C28H36N4O3/c1-19-15-32(20(2)18-33)28(34)25-12-24(23-10-8-21(13-29)9-11-23)14-30-27(25)35-26(19)17-31(3)16-22-6-4-5-7-22/h8-12,14,19-20,22,26,33H,4-7,15-18H2,1-3H3/t19-,20-,26-/m1/s1. The normalized spacial score (nSPS) is 21.7. The molecule has 1 fully saturated rings. The summed E-state index contributed by atoms with van der Waals surface area (Å²) in [6.07, 6.45) is 6.83. The molecule has 1 aliphatic carbocycles. The fourth-order valence-corrected chi connectivity index (χ4v) is 5.23. The molecule has 1 N–H and O–H groups in total. The first-order chi connectivity index (χ1) is 16.9. The molecule has 7 nitrogen and oxygen atoms in total. The van der Waals surface area contributed by atoms with Gasteiger partial charge in [0.15, 0.2) is 0 Å². The van der Waals surface area contributed by atoms with Gasteiger partial charge in [0.05, 0.1) is 24.3 Å². The largest absolute Gasteiger partial charge is 0.472 e. The number of benzene rings is 1. The number of nitrogens with zero attached hydrogens (tertiary/aromatic N) is 4. The van der Waals surface area contributed by atoms with Crippen LogP contribution in [0.4, 0.5) is 0 Å². The Balaban J connectivity index is 1.64. The van der Waals surface area contributed by atoms with E-state index in [1.807, 2.05) is 25.1 Å². The molecular formula is C28H36N4O3. The molecule has 2 heterocycles. The van der Waals surface area contributed by atoms with Gasteiger partial charge in [-0.25, -0.2) is 4.98 Å². The van der Waals surface area contributed by atoms with E-state index in [0.717, 1.165) is 30.1 Å². The molecule has 2 aliphatic rings. The Morgan fingerprint density at radius 3 is 2.60 bits per heavy atom. The summed E-state index contributed by atoms with van der Waals surface area (Å²) < 4.78 is 6.44. The topological polar surface area (TPSA) is 89.7 Å². The lowest BCUT2D eigenvalue weighted by molar-refractivity contribution is 0.0320. The van der Waals surface area contributed by atoms with Crippen molar-refractivity contribution in [1.82, 2.24) is 14.8 Å². The summed E-state index contributed by atoms with van der Waals surface area (Å²) in [7, 11) is 2.15. The highest BCUT2D eigenvalue weighted by atomic mass is 16.5. The summed E-state index contributed by atoms with van der Waals surface area (Å²) in [5, 5.41) is 19.0. The van der Waals surface area contributed by atoms with Crippen molar-refractivity contribution in [2.45, 2.75) is 51.7 Å². The molecule has 1 saturated carbocycles. The quantitative estimate of drug-likeness (QED) is 0.651. The van der Waals surface area contributed by atoms with Crippen LogP contribution in [0.1, 0.15) is 55.5 Å². The highest BCUT2D eigenvalue weighted by Gasteiger charge is 2.34. The number of nitriles is 1. The van der Waals surface area contributed by atoms with Crippen molar-refractivity contribution in [3.63, 3.8) is 0 Å². The van der Waals surface area contributed by atoms with Crippen LogP contribution in [0.2, 0.25) is 0 Å². The molecule has 1 aliphatic heterocycles. The van der Waals surface area contributed by atoms with Crippen molar-refractivity contribution in [2.24, 2.45) is 11.8 Å². The van der Waals surface area contributed by atoms with Gasteiger partial charge in [0.2, 0.25) is 5.88 Å². The Hall–Kier alpha value is -2.95. The van der Waals surface area contributed by atoms with E-state index >= 15 is 0 Å². The van der Waals surface area contributed by atoms with Crippen LogP contribution in [-0.4, -0.2) is 71.2 Å². The predicted molar refractivity (Wildman–Crippen MR) is 135 cm³/mol. The minimum absolute atomic E-state index is 0.0760. The van der Waals surface area contributed by atoms with Crippen molar-refractivity contribution in [1.29, 1.82) is 5.26 Å². The molecule has 2 aromatic rings. The lowest BCUT2D eigenvalue weighted by Gasteiger charge is -2.38. The Morgan fingerprint density at radius 2 is 1.94 bits per heavy atom. The second-order valence-electron chi connectivity index (χ2n) is 10.3. The second-order valence-corrected chi connectivity index (χ2v) is 10.3. The van der Waals surface area contributed by atoms with Crippen molar-refractivity contribution in [3.8, 4) is 23.1 Å². The van der Waals surface area contributed by atoms with E-state index in [1.165, 1.54) is 25.7 Å². The van der Waals surface area contributed by atoms with Crippen LogP contribution in [-0.2, 0) is 0 Å². The zero-order valence-electron chi connectivity index (χ0n) is 21.0. The van der Waals surface area contributed by atoms with Gasteiger partial charge in [0, 0.05) is 37.3 Å². The molecule has 0 unspecified atom stereocenters. The van der Waals surface area contributed by atoms with Crippen molar-refractivity contribution in [2.75, 3.05) is 33.3 Å². The third kappa shape index (κ3) is 5.83. The van der Waals surface area contributed by atoms with Crippen LogP contribution >= 0.6 is 0 Å². The predicted octanol–water partition coefficient (Wildman–Crippen LogP) is 3.96. The summed E-state index contributed by atoms with van der Waals surface area (Å²) in [6.45, 7) is 6.18. The lowest BCUT2D eigenvalue weighted by atomic mass is 9.98. The zero-order chi connectivity index (χ0) is 24.9. The third-order valence-electron chi connectivity index (χ3n) is 7.40. The number of likely N-dealkylation sites (N-methyl/N-ethyl adjacent to an activating group) is 1. The number of pyridine rings is 1. The molecule has 0 bridgehead atoms. The molecule has 3 atom stereocenters. The molecular weight excluding hydrogens is 440 g/mol. The molecule has 1 aromatic carbocycles. The fraction of sp³-hybridized carbons (Fsp3) is 0.536. The average Bonchev–Trinajstić information content (AvgIpc) is 3.38. The van der Waals surface area contributed by atoms with Crippen molar-refractivity contribution < 1.29 is 14.6 Å². The number of fused-ring (bicyclic) bond motifs is 1. The smallest absolute Gasteiger partial charge is 0.259 e. The summed E-state index contributed by atoms with van der Waals surface area (Å²) in [4.78, 5) is 22.3. The number of rotatable bonds is 7. The number of carbonyl (C=O) groups is 1. The molecule has 7 heteroatoms. The van der Waals surface area contributed by atoms with Gasteiger partial charge >= 0.3 is 0 Å². The molecule has 1 aromatic heterocycles. The first-order valence-corrected chi connectivity index (χ1v) is 12.7. The van der Waals surface area contributed by atoms with Crippen LogP contribution in [0.5, 0.6) is 5.88 Å². The van der Waals surface area contributed by atoms with Gasteiger partial charge in [-0.15, -0.1) is 0 Å². The third-order valence-corrected chi connectivity index (χ3v) is 7.40. The van der Waals surface area contributed by atoms with Crippen molar-refractivity contribution >= 4 is 5.91 Å². The number of ether oxygens (including phenoxy) is 1. The molecule has 0 radical (unpaired) electrons. The van der Waals surface area contributed by atoms with Gasteiger partial charge in [0.25, 0.3) is 5.91 Å². The van der Waals surface area contributed by atoms with Crippen LogP contribution < -0.4 is 4.74 Å². The van der Waals surface area contributed by atoms with Crippen LogP contribution in [0.3, 0.4) is 0 Å². The van der Waals surface area contributed by atoms with E-state index in [2.05, 4.69) is 29.9 Å². The summed E-state index contributed by atoms with van der Waals surface area (Å²) in [6, 6.07) is 10.8. The number of aliphatic hydroxyl groups is 1. The minimum atomic E-state index is -0.314. The van der Waals surface area contributed by atoms with Crippen LogP contribution in [0, 0.1) is 23.2 Å². The van der Waals surface area contributed by atoms with E-state index in [9.17, 15) is 9.90 Å². The number of hydrogen-bond donors (Lipinski definition) is 1. The highest BCUT2D eigenvalue weighted by molar-refractivity contribution is 5.98. The fourth-order valence-electron chi connectivity index (χ4n) is 5.23. The van der Waals surface area contributed by atoms with Crippen LogP contribution in [0.15, 0.2) is 36.5 Å². The Labute approximate surface area is 208 Å². The first kappa shape index (κ1) is 25.2. The molecule has 4 rings (SSSR count). The lowest BCUT2D eigenvalue weighted by Crippen LogP contribution is -2.50. The molecule has 35 heavy (non-hydrogen) atoms. The monoisotopic (exact) mass is 476 g/mol. The molecule has 1 amide bonds. The number of amides is 1. The Kier molecular flexibility index (Phi) is 8.04. The molecule has 0 spiro atoms. The molecule has 186 valence electrons. The van der Waals surface area contributed by atoms with Crippen molar-refractivity contribution in [3.05, 3.63) is 47.7 Å². The van der Waals surface area contributed by atoms with Gasteiger partial charge in [-0.1, -0.05) is 31.9 Å². The van der Waals surface area contributed by atoms with Gasteiger partial charge in [-0.3, -0.25) is 4.79 Å².